The second-order valence-electron chi connectivity index (χ2n) is 7.54. The Bertz CT molecular complexity index is 326. The van der Waals surface area contributed by atoms with E-state index in [1.54, 1.807) is 0 Å². The molecule has 6 heteroatoms. The van der Waals surface area contributed by atoms with Crippen molar-refractivity contribution in [1.29, 1.82) is 0 Å². The van der Waals surface area contributed by atoms with Gasteiger partial charge in [-0.05, 0) is 17.3 Å². The molecule has 0 aliphatic heterocycles. The van der Waals surface area contributed by atoms with Gasteiger partial charge in [-0.25, -0.2) is 0 Å². The third-order valence-corrected chi connectivity index (χ3v) is 4.56. The smallest absolute Gasteiger partial charge is 0.220 e. The van der Waals surface area contributed by atoms with Gasteiger partial charge in [-0.15, -0.1) is 0 Å². The molecule has 6 nitrogen and oxygen atoms in total. The minimum absolute atomic E-state index is 0.0303. The average Bonchev–Trinajstić information content (AvgIpc) is 2.49. The fraction of sp³-hybridized carbons (Fsp3) is 0.944. The Morgan fingerprint density at radius 3 is 1.88 bits per heavy atom. The minimum Gasteiger partial charge on any atom is -0.394 e. The van der Waals surface area contributed by atoms with Crippen molar-refractivity contribution in [2.75, 3.05) is 52.8 Å². The SMILES string of the molecule is CC(C)(C)C(C)(C)CCC(=O)NCCOCCOCCOCCO. The molecule has 0 unspecified atom stereocenters. The lowest BCUT2D eigenvalue weighted by molar-refractivity contribution is -0.122. The highest BCUT2D eigenvalue weighted by molar-refractivity contribution is 5.75. The predicted molar refractivity (Wildman–Crippen MR) is 95.0 cm³/mol. The van der Waals surface area contributed by atoms with Crippen LogP contribution in [0, 0.1) is 10.8 Å². The summed E-state index contributed by atoms with van der Waals surface area (Å²) in [7, 11) is 0. The Morgan fingerprint density at radius 1 is 0.875 bits per heavy atom. The predicted octanol–water partition coefficient (Wildman–Crippen LogP) is 2.00. The maximum absolute atomic E-state index is 11.9. The zero-order chi connectivity index (χ0) is 18.5. The number of aliphatic hydroxyl groups excluding tert-OH is 1. The van der Waals surface area contributed by atoms with Gasteiger partial charge in [0.2, 0.25) is 5.91 Å². The van der Waals surface area contributed by atoms with Gasteiger partial charge in [-0.1, -0.05) is 34.6 Å². The average molecular weight is 347 g/mol. The van der Waals surface area contributed by atoms with Crippen molar-refractivity contribution in [3.63, 3.8) is 0 Å². The van der Waals surface area contributed by atoms with Crippen molar-refractivity contribution >= 4 is 5.91 Å². The van der Waals surface area contributed by atoms with Gasteiger partial charge >= 0.3 is 0 Å². The Kier molecular flexibility index (Phi) is 12.3. The van der Waals surface area contributed by atoms with Gasteiger partial charge in [-0.2, -0.15) is 0 Å². The molecule has 0 bridgehead atoms. The summed E-state index contributed by atoms with van der Waals surface area (Å²) < 4.78 is 15.7. The number of amides is 1. The van der Waals surface area contributed by atoms with Crippen LogP contribution in [-0.2, 0) is 19.0 Å². The molecule has 0 atom stereocenters. The molecule has 0 radical (unpaired) electrons. The van der Waals surface area contributed by atoms with Crippen molar-refractivity contribution in [2.45, 2.75) is 47.5 Å². The minimum atomic E-state index is 0.0303. The van der Waals surface area contributed by atoms with E-state index in [-0.39, 0.29) is 23.3 Å². The zero-order valence-electron chi connectivity index (χ0n) is 16.2. The summed E-state index contributed by atoms with van der Waals surface area (Å²) in [6.07, 6.45) is 1.41. The van der Waals surface area contributed by atoms with Crippen molar-refractivity contribution in [3.8, 4) is 0 Å². The largest absolute Gasteiger partial charge is 0.394 e. The van der Waals surface area contributed by atoms with E-state index in [1.165, 1.54) is 0 Å². The van der Waals surface area contributed by atoms with Gasteiger partial charge in [-0.3, -0.25) is 4.79 Å². The Labute approximate surface area is 147 Å². The molecule has 0 saturated heterocycles. The monoisotopic (exact) mass is 347 g/mol. The lowest BCUT2D eigenvalue weighted by Gasteiger charge is -2.38. The molecular formula is C18H37NO5. The van der Waals surface area contributed by atoms with Crippen LogP contribution in [0.25, 0.3) is 0 Å². The van der Waals surface area contributed by atoms with E-state index in [1.807, 2.05) is 0 Å². The topological polar surface area (TPSA) is 77.0 Å². The van der Waals surface area contributed by atoms with E-state index in [9.17, 15) is 4.79 Å². The fourth-order valence-electron chi connectivity index (χ4n) is 1.76. The Morgan fingerprint density at radius 2 is 1.38 bits per heavy atom. The molecule has 2 N–H and O–H groups in total. The second-order valence-corrected chi connectivity index (χ2v) is 7.54. The van der Waals surface area contributed by atoms with Crippen LogP contribution in [0.1, 0.15) is 47.5 Å². The first-order valence-corrected chi connectivity index (χ1v) is 8.81. The first kappa shape index (κ1) is 23.3. The van der Waals surface area contributed by atoms with Crippen LogP contribution in [-0.4, -0.2) is 63.8 Å². The Hall–Kier alpha value is -0.690. The van der Waals surface area contributed by atoms with E-state index >= 15 is 0 Å². The Balaban J connectivity index is 3.47. The molecular weight excluding hydrogens is 310 g/mol. The first-order chi connectivity index (χ1) is 11.2. The molecule has 0 aliphatic rings. The van der Waals surface area contributed by atoms with E-state index in [2.05, 4.69) is 39.9 Å². The lowest BCUT2D eigenvalue weighted by atomic mass is 9.67. The highest BCUT2D eigenvalue weighted by atomic mass is 16.5. The molecule has 144 valence electrons. The second kappa shape index (κ2) is 12.6. The van der Waals surface area contributed by atoms with Crippen LogP contribution < -0.4 is 5.32 Å². The van der Waals surface area contributed by atoms with E-state index in [4.69, 9.17) is 19.3 Å². The molecule has 0 heterocycles. The zero-order valence-corrected chi connectivity index (χ0v) is 16.2. The van der Waals surface area contributed by atoms with Gasteiger partial charge in [0.1, 0.15) is 0 Å². The molecule has 24 heavy (non-hydrogen) atoms. The van der Waals surface area contributed by atoms with Gasteiger partial charge in [0.15, 0.2) is 0 Å². The molecule has 0 saturated carbocycles. The summed E-state index contributed by atoms with van der Waals surface area (Å²) in [6.45, 7) is 14.4. The highest BCUT2D eigenvalue weighted by Crippen LogP contribution is 2.41. The number of hydrogen-bond donors (Lipinski definition) is 2. The van der Waals surface area contributed by atoms with Crippen LogP contribution in [0.5, 0.6) is 0 Å². The van der Waals surface area contributed by atoms with E-state index in [0.29, 0.717) is 52.6 Å². The summed E-state index contributed by atoms with van der Waals surface area (Å²) in [4.78, 5) is 11.9. The van der Waals surface area contributed by atoms with Crippen LogP contribution >= 0.6 is 0 Å². The molecule has 0 aromatic carbocycles. The molecule has 0 fully saturated rings. The lowest BCUT2D eigenvalue weighted by Crippen LogP contribution is -2.33. The van der Waals surface area contributed by atoms with Gasteiger partial charge in [0.25, 0.3) is 0 Å². The molecule has 0 aromatic rings. The molecule has 0 rings (SSSR count). The van der Waals surface area contributed by atoms with Gasteiger partial charge < -0.3 is 24.6 Å². The van der Waals surface area contributed by atoms with Crippen molar-refractivity contribution in [1.82, 2.24) is 5.32 Å². The van der Waals surface area contributed by atoms with Crippen LogP contribution in [0.3, 0.4) is 0 Å². The van der Waals surface area contributed by atoms with Crippen molar-refractivity contribution < 1.29 is 24.1 Å². The number of nitrogens with one attached hydrogen (secondary N) is 1. The normalized spacial score (nSPS) is 12.4. The first-order valence-electron chi connectivity index (χ1n) is 8.81. The maximum atomic E-state index is 11.9. The standard InChI is InChI=1S/C18H37NO5/c1-17(2,3)18(4,5)7-6-16(21)19-8-10-22-12-14-24-15-13-23-11-9-20/h20H,6-15H2,1-5H3,(H,19,21). The molecule has 1 amide bonds. The van der Waals surface area contributed by atoms with Gasteiger partial charge in [0, 0.05) is 13.0 Å². The number of ether oxygens (including phenoxy) is 3. The van der Waals surface area contributed by atoms with Gasteiger partial charge in [0.05, 0.1) is 46.2 Å². The van der Waals surface area contributed by atoms with Crippen LogP contribution in [0.4, 0.5) is 0 Å². The molecule has 0 aliphatic carbocycles. The maximum Gasteiger partial charge on any atom is 0.220 e. The number of carbonyl (C=O) groups is 1. The highest BCUT2D eigenvalue weighted by Gasteiger charge is 2.32. The third-order valence-electron chi connectivity index (χ3n) is 4.56. The summed E-state index contributed by atoms with van der Waals surface area (Å²) in [5.74, 6) is 0.0770. The van der Waals surface area contributed by atoms with E-state index < -0.39 is 0 Å². The number of aliphatic hydroxyl groups is 1. The van der Waals surface area contributed by atoms with Crippen LogP contribution in [0.15, 0.2) is 0 Å². The summed E-state index contributed by atoms with van der Waals surface area (Å²) in [6, 6.07) is 0. The number of carbonyl (C=O) groups excluding carboxylic acids is 1. The summed E-state index contributed by atoms with van der Waals surface area (Å²) >= 11 is 0. The van der Waals surface area contributed by atoms with Crippen LogP contribution in [0.2, 0.25) is 0 Å². The number of hydrogen-bond acceptors (Lipinski definition) is 5. The fourth-order valence-corrected chi connectivity index (χ4v) is 1.76. The quantitative estimate of drug-likeness (QED) is 0.470. The van der Waals surface area contributed by atoms with Crippen molar-refractivity contribution in [2.24, 2.45) is 10.8 Å². The molecule has 0 spiro atoms. The summed E-state index contributed by atoms with van der Waals surface area (Å²) in [5, 5.41) is 11.4. The van der Waals surface area contributed by atoms with E-state index in [0.717, 1.165) is 6.42 Å². The third kappa shape index (κ3) is 11.8. The number of rotatable bonds is 14. The van der Waals surface area contributed by atoms with Crippen molar-refractivity contribution in [3.05, 3.63) is 0 Å². The summed E-state index contributed by atoms with van der Waals surface area (Å²) in [5.41, 5.74) is 0.304. The molecule has 0 aromatic heterocycles.